The van der Waals surface area contributed by atoms with Crippen LogP contribution >= 0.6 is 0 Å². The molecule has 0 atom stereocenters. The van der Waals surface area contributed by atoms with E-state index in [9.17, 15) is 9.59 Å². The van der Waals surface area contributed by atoms with E-state index >= 15 is 0 Å². The number of rotatable bonds is 6. The largest absolute Gasteiger partial charge is 0.465 e. The summed E-state index contributed by atoms with van der Waals surface area (Å²) in [5.41, 5.74) is 2.11. The molecule has 1 aromatic heterocycles. The lowest BCUT2D eigenvalue weighted by Crippen LogP contribution is -2.48. The standard InChI is InChI=1S/C25H25N3O4/c1-31-25(30)20-11-9-19(10-12-20)18-27-14-16-28(17-15-27)24(29)22-8-5-13-26-23(22)32-21-6-3-2-4-7-21/h2-13H,14-18H2,1H3. The number of aromatic nitrogens is 1. The molecule has 0 radical (unpaired) electrons. The molecule has 0 bridgehead atoms. The van der Waals surface area contributed by atoms with Gasteiger partial charge in [0.2, 0.25) is 5.88 Å². The first-order chi connectivity index (χ1) is 15.6. The summed E-state index contributed by atoms with van der Waals surface area (Å²) >= 11 is 0. The van der Waals surface area contributed by atoms with Crippen LogP contribution in [0.25, 0.3) is 0 Å². The summed E-state index contributed by atoms with van der Waals surface area (Å²) in [6.07, 6.45) is 1.62. The number of pyridine rings is 1. The Hall–Kier alpha value is -3.71. The van der Waals surface area contributed by atoms with Crippen molar-refractivity contribution in [3.05, 3.63) is 89.6 Å². The Balaban J connectivity index is 1.35. The Labute approximate surface area is 187 Å². The maximum atomic E-state index is 13.1. The minimum absolute atomic E-state index is 0.0777. The summed E-state index contributed by atoms with van der Waals surface area (Å²) in [6.45, 7) is 3.54. The predicted molar refractivity (Wildman–Crippen MR) is 120 cm³/mol. The molecule has 0 unspecified atom stereocenters. The van der Waals surface area contributed by atoms with E-state index in [4.69, 9.17) is 9.47 Å². The number of piperazine rings is 1. The number of amides is 1. The van der Waals surface area contributed by atoms with Crippen molar-refractivity contribution in [3.63, 3.8) is 0 Å². The van der Waals surface area contributed by atoms with Gasteiger partial charge in [-0.2, -0.15) is 0 Å². The third-order valence-electron chi connectivity index (χ3n) is 5.40. The van der Waals surface area contributed by atoms with Gasteiger partial charge in [-0.1, -0.05) is 30.3 Å². The zero-order valence-electron chi connectivity index (χ0n) is 17.9. The van der Waals surface area contributed by atoms with Gasteiger partial charge in [-0.05, 0) is 42.0 Å². The van der Waals surface area contributed by atoms with Crippen molar-refractivity contribution in [2.45, 2.75) is 6.54 Å². The molecule has 0 N–H and O–H groups in total. The topological polar surface area (TPSA) is 72.0 Å². The predicted octanol–water partition coefficient (Wildman–Crippen LogP) is 3.62. The van der Waals surface area contributed by atoms with Gasteiger partial charge < -0.3 is 14.4 Å². The SMILES string of the molecule is COC(=O)c1ccc(CN2CCN(C(=O)c3cccnc3Oc3ccccc3)CC2)cc1. The minimum atomic E-state index is -0.338. The van der Waals surface area contributed by atoms with Crippen molar-refractivity contribution >= 4 is 11.9 Å². The summed E-state index contributed by atoms with van der Waals surface area (Å²) in [4.78, 5) is 33.1. The summed E-state index contributed by atoms with van der Waals surface area (Å²) in [7, 11) is 1.37. The molecule has 1 saturated heterocycles. The van der Waals surface area contributed by atoms with E-state index in [1.165, 1.54) is 7.11 Å². The molecule has 0 saturated carbocycles. The van der Waals surface area contributed by atoms with Crippen molar-refractivity contribution in [1.29, 1.82) is 0 Å². The van der Waals surface area contributed by atoms with Crippen molar-refractivity contribution in [2.24, 2.45) is 0 Å². The molecule has 0 spiro atoms. The van der Waals surface area contributed by atoms with E-state index in [2.05, 4.69) is 9.88 Å². The molecule has 1 aliphatic rings. The highest BCUT2D eigenvalue weighted by Gasteiger charge is 2.25. The number of para-hydroxylation sites is 1. The number of hydrogen-bond donors (Lipinski definition) is 0. The molecule has 164 valence electrons. The summed E-state index contributed by atoms with van der Waals surface area (Å²) in [5.74, 6) is 0.543. The summed E-state index contributed by atoms with van der Waals surface area (Å²) in [6, 6.07) is 20.3. The average molecular weight is 431 g/mol. The lowest BCUT2D eigenvalue weighted by molar-refractivity contribution is 0.0599. The Morgan fingerprint density at radius 2 is 1.62 bits per heavy atom. The van der Waals surface area contributed by atoms with Gasteiger partial charge in [0.15, 0.2) is 0 Å². The number of carbonyl (C=O) groups is 2. The van der Waals surface area contributed by atoms with Crippen molar-refractivity contribution in [1.82, 2.24) is 14.8 Å². The molecule has 4 rings (SSSR count). The first kappa shape index (κ1) is 21.5. The maximum Gasteiger partial charge on any atom is 0.337 e. The molecule has 1 fully saturated rings. The Kier molecular flexibility index (Phi) is 6.77. The molecule has 32 heavy (non-hydrogen) atoms. The molecule has 0 aliphatic carbocycles. The highest BCUT2D eigenvalue weighted by Crippen LogP contribution is 2.24. The van der Waals surface area contributed by atoms with Gasteiger partial charge in [0.25, 0.3) is 5.91 Å². The first-order valence-electron chi connectivity index (χ1n) is 10.5. The number of carbonyl (C=O) groups excluding carboxylic acids is 2. The van der Waals surface area contributed by atoms with Crippen LogP contribution in [-0.4, -0.2) is 59.9 Å². The normalized spacial score (nSPS) is 14.1. The lowest BCUT2D eigenvalue weighted by atomic mass is 10.1. The van der Waals surface area contributed by atoms with Gasteiger partial charge >= 0.3 is 5.97 Å². The van der Waals surface area contributed by atoms with Crippen LogP contribution in [-0.2, 0) is 11.3 Å². The van der Waals surface area contributed by atoms with E-state index < -0.39 is 0 Å². The van der Waals surface area contributed by atoms with Gasteiger partial charge in [0.1, 0.15) is 11.3 Å². The van der Waals surface area contributed by atoms with E-state index in [0.29, 0.717) is 35.8 Å². The van der Waals surface area contributed by atoms with Gasteiger partial charge in [0.05, 0.1) is 12.7 Å². The van der Waals surface area contributed by atoms with Crippen molar-refractivity contribution < 1.29 is 19.1 Å². The fourth-order valence-corrected chi connectivity index (χ4v) is 3.64. The Morgan fingerprint density at radius 1 is 0.906 bits per heavy atom. The number of hydrogen-bond acceptors (Lipinski definition) is 6. The van der Waals surface area contributed by atoms with Crippen LogP contribution in [0.2, 0.25) is 0 Å². The average Bonchev–Trinajstić information content (AvgIpc) is 2.85. The molecular weight excluding hydrogens is 406 g/mol. The molecule has 7 heteroatoms. The number of ether oxygens (including phenoxy) is 2. The second-order valence-electron chi connectivity index (χ2n) is 7.53. The Morgan fingerprint density at radius 3 is 2.31 bits per heavy atom. The van der Waals surface area contributed by atoms with Gasteiger partial charge in [-0.15, -0.1) is 0 Å². The molecule has 2 aromatic carbocycles. The fourth-order valence-electron chi connectivity index (χ4n) is 3.64. The summed E-state index contributed by atoms with van der Waals surface area (Å²) < 4.78 is 10.6. The van der Waals surface area contributed by atoms with Crippen LogP contribution in [0.15, 0.2) is 72.9 Å². The van der Waals surface area contributed by atoms with Crippen LogP contribution < -0.4 is 4.74 Å². The monoisotopic (exact) mass is 431 g/mol. The van der Waals surface area contributed by atoms with Crippen LogP contribution in [0.5, 0.6) is 11.6 Å². The lowest BCUT2D eigenvalue weighted by Gasteiger charge is -2.35. The quantitative estimate of drug-likeness (QED) is 0.555. The molecule has 2 heterocycles. The van der Waals surface area contributed by atoms with Crippen molar-refractivity contribution in [2.75, 3.05) is 33.3 Å². The van der Waals surface area contributed by atoms with Gasteiger partial charge in [0, 0.05) is 38.9 Å². The van der Waals surface area contributed by atoms with Crippen LogP contribution in [0.1, 0.15) is 26.3 Å². The number of esters is 1. The highest BCUT2D eigenvalue weighted by molar-refractivity contribution is 5.96. The highest BCUT2D eigenvalue weighted by atomic mass is 16.5. The maximum absolute atomic E-state index is 13.1. The van der Waals surface area contributed by atoms with Crippen LogP contribution in [0.3, 0.4) is 0 Å². The second kappa shape index (κ2) is 10.1. The van der Waals surface area contributed by atoms with E-state index in [1.807, 2.05) is 47.4 Å². The molecule has 3 aromatic rings. The zero-order valence-corrected chi connectivity index (χ0v) is 17.9. The third kappa shape index (κ3) is 5.12. The van der Waals surface area contributed by atoms with Crippen LogP contribution in [0.4, 0.5) is 0 Å². The number of benzene rings is 2. The molecule has 1 amide bonds. The van der Waals surface area contributed by atoms with Gasteiger partial charge in [-0.25, -0.2) is 9.78 Å². The van der Waals surface area contributed by atoms with Crippen LogP contribution in [0, 0.1) is 0 Å². The van der Waals surface area contributed by atoms with E-state index in [1.54, 1.807) is 30.5 Å². The van der Waals surface area contributed by atoms with Crippen molar-refractivity contribution in [3.8, 4) is 11.6 Å². The van der Waals surface area contributed by atoms with E-state index in [0.717, 1.165) is 25.2 Å². The third-order valence-corrected chi connectivity index (χ3v) is 5.40. The zero-order chi connectivity index (χ0) is 22.3. The number of nitrogens with zero attached hydrogens (tertiary/aromatic N) is 3. The minimum Gasteiger partial charge on any atom is -0.465 e. The summed E-state index contributed by atoms with van der Waals surface area (Å²) in [5, 5.41) is 0. The fraction of sp³-hybridized carbons (Fsp3) is 0.240. The first-order valence-corrected chi connectivity index (χ1v) is 10.5. The second-order valence-corrected chi connectivity index (χ2v) is 7.53. The molecule has 7 nitrogen and oxygen atoms in total. The molecular formula is C25H25N3O4. The smallest absolute Gasteiger partial charge is 0.337 e. The Bertz CT molecular complexity index is 1060. The van der Waals surface area contributed by atoms with E-state index in [-0.39, 0.29) is 11.9 Å². The molecule has 1 aliphatic heterocycles. The van der Waals surface area contributed by atoms with Gasteiger partial charge in [-0.3, -0.25) is 9.69 Å². The number of methoxy groups -OCH3 is 1.